The topological polar surface area (TPSA) is 68.2 Å². The molecule has 2 aromatic carbocycles. The number of phenolic OH excluding ortho intramolecular Hbond substituents is 1. The number of primary amides is 1. The van der Waals surface area contributed by atoms with Crippen molar-refractivity contribution < 1.29 is 9.90 Å². The number of aromatic hydroxyl groups is 1. The van der Waals surface area contributed by atoms with Gasteiger partial charge in [-0.25, -0.2) is 0 Å². The lowest BCUT2D eigenvalue weighted by molar-refractivity contribution is 0.100. The van der Waals surface area contributed by atoms with Crippen LogP contribution in [0.2, 0.25) is 0 Å². The number of carbonyl (C=O) groups is 1. The second-order valence-electron chi connectivity index (χ2n) is 7.12. The van der Waals surface area contributed by atoms with E-state index in [0.717, 1.165) is 47.5 Å². The Morgan fingerprint density at radius 3 is 2.38 bits per heavy atom. The minimum atomic E-state index is -0.465. The molecule has 1 aliphatic rings. The van der Waals surface area contributed by atoms with Crippen LogP contribution < -0.4 is 5.73 Å². The van der Waals surface area contributed by atoms with Crippen LogP contribution in [0.15, 0.2) is 62.2 Å². The van der Waals surface area contributed by atoms with Gasteiger partial charge in [0.1, 0.15) is 5.75 Å². The minimum absolute atomic E-state index is 0.244. The molecule has 172 valence electrons. The van der Waals surface area contributed by atoms with Gasteiger partial charge in [0.2, 0.25) is 5.91 Å². The third kappa shape index (κ3) is 5.31. The zero-order valence-electron chi connectivity index (χ0n) is 20.1. The van der Waals surface area contributed by atoms with Crippen molar-refractivity contribution in [3.05, 3.63) is 78.9 Å². The highest BCUT2D eigenvalue weighted by molar-refractivity contribution is 6.20. The Balaban J connectivity index is 0.000000662. The van der Waals surface area contributed by atoms with E-state index in [4.69, 9.17) is 5.73 Å². The van der Waals surface area contributed by atoms with E-state index in [0.29, 0.717) is 12.1 Å². The number of nitrogens with zero attached hydrogens (tertiary/aromatic N) is 1. The van der Waals surface area contributed by atoms with Gasteiger partial charge in [-0.1, -0.05) is 38.1 Å². The molecule has 1 aliphatic carbocycles. The lowest BCUT2D eigenvalue weighted by atomic mass is 9.89. The van der Waals surface area contributed by atoms with Crippen molar-refractivity contribution in [2.24, 2.45) is 5.73 Å². The van der Waals surface area contributed by atoms with Gasteiger partial charge in [-0.15, -0.1) is 19.7 Å². The molecular weight excluding hydrogens is 396 g/mol. The van der Waals surface area contributed by atoms with Crippen molar-refractivity contribution in [3.63, 3.8) is 0 Å². The molecule has 4 rings (SSSR count). The van der Waals surface area contributed by atoms with Crippen molar-refractivity contribution in [2.75, 3.05) is 0 Å². The summed E-state index contributed by atoms with van der Waals surface area (Å²) in [6.07, 6.45) is 10.2. The van der Waals surface area contributed by atoms with Crippen LogP contribution in [0.4, 0.5) is 0 Å². The number of fused-ring (bicyclic) bond motifs is 5. The maximum Gasteiger partial charge on any atom is 0.249 e. The molecular formula is C28H38N2O2. The number of hydrogen-bond acceptors (Lipinski definition) is 2. The van der Waals surface area contributed by atoms with Crippen LogP contribution in [0, 0.1) is 0 Å². The molecule has 0 saturated carbocycles. The average molecular weight is 435 g/mol. The molecule has 0 fully saturated rings. The number of nitrogens with two attached hydrogens (primary N) is 1. The number of aryl methyl sites for hydroxylation is 2. The Kier molecular flexibility index (Phi) is 11.0. The predicted molar refractivity (Wildman–Crippen MR) is 140 cm³/mol. The molecule has 0 unspecified atom stereocenters. The van der Waals surface area contributed by atoms with Crippen LogP contribution in [-0.2, 0) is 19.4 Å². The standard InChI is InChI=1S/C21H22N2O2.C3H6.C2H6.C2H4/c1-2-3-11-23-16-10-6-9-15(21(22)25)18(16)19-17(24)12-13-7-4-5-8-14(13)20(19)23;1-3-2;2*1-2/h2-3,6,9-10,12,24H,4-5,7-8,11H2,1H3,(H2,22,25);3H,1H2,2H3;1-2H3;1-2H2/b3-2+;;;. The second kappa shape index (κ2) is 13.2. The summed E-state index contributed by atoms with van der Waals surface area (Å²) < 4.78 is 2.21. The van der Waals surface area contributed by atoms with Crippen molar-refractivity contribution in [2.45, 2.75) is 59.9 Å². The molecule has 1 heterocycles. The van der Waals surface area contributed by atoms with Crippen LogP contribution in [0.3, 0.4) is 0 Å². The van der Waals surface area contributed by atoms with Crippen LogP contribution in [-0.4, -0.2) is 15.6 Å². The fourth-order valence-electron chi connectivity index (χ4n) is 4.17. The zero-order valence-corrected chi connectivity index (χ0v) is 20.1. The first kappa shape index (κ1) is 26.8. The summed E-state index contributed by atoms with van der Waals surface area (Å²) in [5.41, 5.74) is 10.6. The number of rotatable bonds is 3. The Morgan fingerprint density at radius 1 is 1.16 bits per heavy atom. The predicted octanol–water partition coefficient (Wildman–Crippen LogP) is 7.07. The minimum Gasteiger partial charge on any atom is -0.507 e. The van der Waals surface area contributed by atoms with Gasteiger partial charge in [0, 0.05) is 17.5 Å². The number of phenols is 1. The molecule has 4 heteroatoms. The molecule has 1 amide bonds. The summed E-state index contributed by atoms with van der Waals surface area (Å²) in [6, 6.07) is 7.48. The summed E-state index contributed by atoms with van der Waals surface area (Å²) in [6.45, 7) is 17.9. The normalized spacial score (nSPS) is 12.0. The van der Waals surface area contributed by atoms with Crippen molar-refractivity contribution >= 4 is 27.7 Å². The fourth-order valence-corrected chi connectivity index (χ4v) is 4.17. The summed E-state index contributed by atoms with van der Waals surface area (Å²) in [7, 11) is 0. The van der Waals surface area contributed by atoms with Crippen LogP contribution in [0.25, 0.3) is 21.8 Å². The number of allylic oxidation sites excluding steroid dienone is 3. The van der Waals surface area contributed by atoms with Crippen molar-refractivity contribution in [1.29, 1.82) is 0 Å². The first-order chi connectivity index (χ1) is 15.5. The van der Waals surface area contributed by atoms with Crippen LogP contribution in [0.1, 0.15) is 62.0 Å². The number of hydrogen-bond donors (Lipinski definition) is 2. The molecule has 4 nitrogen and oxygen atoms in total. The summed E-state index contributed by atoms with van der Waals surface area (Å²) in [5.74, 6) is -0.221. The molecule has 3 N–H and O–H groups in total. The van der Waals surface area contributed by atoms with E-state index >= 15 is 0 Å². The summed E-state index contributed by atoms with van der Waals surface area (Å²) in [4.78, 5) is 12.0. The molecule has 0 saturated heterocycles. The van der Waals surface area contributed by atoms with Crippen LogP contribution >= 0.6 is 0 Å². The smallest absolute Gasteiger partial charge is 0.249 e. The molecule has 0 atom stereocenters. The lowest BCUT2D eigenvalue weighted by Crippen LogP contribution is -2.11. The molecule has 3 aromatic rings. The highest BCUT2D eigenvalue weighted by atomic mass is 16.3. The number of carbonyl (C=O) groups excluding carboxylic acids is 1. The Bertz CT molecular complexity index is 1090. The van der Waals surface area contributed by atoms with Gasteiger partial charge >= 0.3 is 0 Å². The molecule has 0 spiro atoms. The Hall–Kier alpha value is -3.27. The van der Waals surface area contributed by atoms with Crippen molar-refractivity contribution in [3.8, 4) is 5.75 Å². The zero-order chi connectivity index (χ0) is 24.3. The number of amides is 1. The average Bonchev–Trinajstić information content (AvgIpc) is 3.16. The van der Waals surface area contributed by atoms with E-state index in [1.54, 1.807) is 12.1 Å². The van der Waals surface area contributed by atoms with E-state index in [2.05, 4.69) is 30.4 Å². The molecule has 0 radical (unpaired) electrons. The highest BCUT2D eigenvalue weighted by Gasteiger charge is 2.24. The van der Waals surface area contributed by atoms with E-state index in [1.165, 1.54) is 11.1 Å². The molecule has 0 aliphatic heterocycles. The Labute approximate surface area is 192 Å². The number of aromatic nitrogens is 1. The van der Waals surface area contributed by atoms with E-state index < -0.39 is 5.91 Å². The van der Waals surface area contributed by atoms with E-state index in [-0.39, 0.29) is 5.75 Å². The highest BCUT2D eigenvalue weighted by Crippen LogP contribution is 2.42. The quantitative estimate of drug-likeness (QED) is 0.433. The first-order valence-electron chi connectivity index (χ1n) is 11.3. The van der Waals surface area contributed by atoms with Gasteiger partial charge < -0.3 is 15.4 Å². The first-order valence-corrected chi connectivity index (χ1v) is 11.3. The van der Waals surface area contributed by atoms with Gasteiger partial charge in [-0.2, -0.15) is 0 Å². The van der Waals surface area contributed by atoms with E-state index in [1.807, 2.05) is 52.0 Å². The lowest BCUT2D eigenvalue weighted by Gasteiger charge is -2.19. The third-order valence-electron chi connectivity index (χ3n) is 5.24. The second-order valence-corrected chi connectivity index (χ2v) is 7.12. The maximum absolute atomic E-state index is 12.0. The van der Waals surface area contributed by atoms with Gasteiger partial charge in [0.25, 0.3) is 0 Å². The molecule has 1 aromatic heterocycles. The molecule has 32 heavy (non-hydrogen) atoms. The Morgan fingerprint density at radius 2 is 1.78 bits per heavy atom. The number of benzene rings is 2. The van der Waals surface area contributed by atoms with Crippen molar-refractivity contribution in [1.82, 2.24) is 4.57 Å². The van der Waals surface area contributed by atoms with E-state index in [9.17, 15) is 9.90 Å². The molecule has 0 bridgehead atoms. The van der Waals surface area contributed by atoms with Gasteiger partial charge in [0.15, 0.2) is 0 Å². The largest absolute Gasteiger partial charge is 0.507 e. The van der Waals surface area contributed by atoms with Gasteiger partial charge in [-0.05, 0) is 68.9 Å². The maximum atomic E-state index is 12.0. The fraction of sp³-hybridized carbons (Fsp3) is 0.321. The summed E-state index contributed by atoms with van der Waals surface area (Å²) in [5, 5.41) is 12.3. The van der Waals surface area contributed by atoms with Gasteiger partial charge in [-0.3, -0.25) is 4.79 Å². The summed E-state index contributed by atoms with van der Waals surface area (Å²) >= 11 is 0. The SMILES string of the molecule is C/C=C/Cn1c2cccc(C(N)=O)c2c2c(O)cc3c(c21)CCCC3.C=C.C=CC.CC. The third-order valence-corrected chi connectivity index (χ3v) is 5.24. The van der Waals surface area contributed by atoms with Crippen LogP contribution in [0.5, 0.6) is 5.75 Å². The monoisotopic (exact) mass is 434 g/mol. The van der Waals surface area contributed by atoms with Gasteiger partial charge in [0.05, 0.1) is 16.4 Å².